The summed E-state index contributed by atoms with van der Waals surface area (Å²) < 4.78 is 0.694. The van der Waals surface area contributed by atoms with Gasteiger partial charge in [0.2, 0.25) is 0 Å². The number of rotatable bonds is 3. The van der Waals surface area contributed by atoms with Gasteiger partial charge in [-0.05, 0) is 46.9 Å². The van der Waals surface area contributed by atoms with E-state index in [1.807, 2.05) is 0 Å². The van der Waals surface area contributed by atoms with E-state index < -0.39 is 0 Å². The largest absolute Gasteiger partial charge is 0.0980 e. The van der Waals surface area contributed by atoms with Crippen LogP contribution in [0.3, 0.4) is 0 Å². The van der Waals surface area contributed by atoms with E-state index in [2.05, 4.69) is 46.9 Å². The first-order chi connectivity index (χ1) is 4.83. The van der Waals surface area contributed by atoms with Crippen LogP contribution in [0.2, 0.25) is 0 Å². The molecular formula is C8H21P3. The molecule has 0 rings (SSSR count). The van der Waals surface area contributed by atoms with Gasteiger partial charge < -0.3 is 0 Å². The highest BCUT2D eigenvalue weighted by molar-refractivity contribution is 7.91. The zero-order chi connectivity index (χ0) is 9.23. The fourth-order valence-electron chi connectivity index (χ4n) is 1.20. The van der Waals surface area contributed by atoms with Gasteiger partial charge in [-0.2, -0.15) is 0 Å². The van der Waals surface area contributed by atoms with Crippen molar-refractivity contribution in [3.05, 3.63) is 0 Å². The van der Waals surface area contributed by atoms with E-state index in [-0.39, 0.29) is 23.8 Å². The lowest BCUT2D eigenvalue weighted by molar-refractivity contribution is 1.25. The second-order valence-electron chi connectivity index (χ2n) is 3.65. The smallest absolute Gasteiger partial charge is 0.0258 e. The lowest BCUT2D eigenvalue weighted by atomic mass is 10.9. The number of hydrogen-bond donors (Lipinski definition) is 0. The van der Waals surface area contributed by atoms with Crippen LogP contribution in [0.1, 0.15) is 6.92 Å². The maximum Gasteiger partial charge on any atom is 0.0258 e. The fourth-order valence-corrected chi connectivity index (χ4v) is 10.8. The molecule has 0 spiro atoms. The third-order valence-corrected chi connectivity index (χ3v) is 14.8. The van der Waals surface area contributed by atoms with Gasteiger partial charge in [0.1, 0.15) is 0 Å². The molecule has 68 valence electrons. The van der Waals surface area contributed by atoms with Gasteiger partial charge in [0.25, 0.3) is 0 Å². The predicted molar refractivity (Wildman–Crippen MR) is 64.7 cm³/mol. The second kappa shape index (κ2) is 4.50. The van der Waals surface area contributed by atoms with Gasteiger partial charge in [-0.15, -0.1) is 0 Å². The van der Waals surface area contributed by atoms with E-state index in [1.54, 1.807) is 0 Å². The van der Waals surface area contributed by atoms with Crippen LogP contribution in [0.15, 0.2) is 0 Å². The molecule has 0 saturated heterocycles. The lowest BCUT2D eigenvalue weighted by Gasteiger charge is -2.42. The third-order valence-electron chi connectivity index (χ3n) is 2.54. The Balaban J connectivity index is 4.53. The summed E-state index contributed by atoms with van der Waals surface area (Å²) in [6.07, 6.45) is 0. The van der Waals surface area contributed by atoms with Crippen LogP contribution in [0.25, 0.3) is 0 Å². The topological polar surface area (TPSA) is 0 Å². The zero-order valence-corrected chi connectivity index (χ0v) is 11.5. The van der Waals surface area contributed by atoms with E-state index >= 15 is 0 Å². The molecule has 0 radical (unpaired) electrons. The van der Waals surface area contributed by atoms with Crippen molar-refractivity contribution in [2.45, 2.75) is 11.6 Å². The molecule has 0 fully saturated rings. The molecule has 0 heterocycles. The Morgan fingerprint density at radius 3 is 0.818 bits per heavy atom. The van der Waals surface area contributed by atoms with Gasteiger partial charge >= 0.3 is 0 Å². The summed E-state index contributed by atoms with van der Waals surface area (Å²) in [6, 6.07) is 0. The monoisotopic (exact) mass is 210 g/mol. The second-order valence-corrected chi connectivity index (χ2v) is 12.8. The molecular weight excluding hydrogens is 189 g/mol. The van der Waals surface area contributed by atoms with Crippen molar-refractivity contribution in [3.63, 3.8) is 0 Å². The van der Waals surface area contributed by atoms with E-state index in [1.165, 1.54) is 0 Å². The lowest BCUT2D eigenvalue weighted by Crippen LogP contribution is -2.15. The molecule has 0 aliphatic rings. The summed E-state index contributed by atoms with van der Waals surface area (Å²) in [5.41, 5.74) is 0. The van der Waals surface area contributed by atoms with Gasteiger partial charge in [0.05, 0.1) is 0 Å². The van der Waals surface area contributed by atoms with Crippen molar-refractivity contribution in [2.24, 2.45) is 0 Å². The molecule has 0 unspecified atom stereocenters. The molecule has 0 bridgehead atoms. The highest BCUT2D eigenvalue weighted by Crippen LogP contribution is 2.73. The third kappa shape index (κ3) is 2.62. The Kier molecular flexibility index (Phi) is 5.03. The Hall–Kier alpha value is 1.29. The van der Waals surface area contributed by atoms with Gasteiger partial charge in [-0.1, -0.05) is 23.8 Å². The van der Waals surface area contributed by atoms with Crippen LogP contribution >= 0.6 is 23.8 Å². The fraction of sp³-hybridized carbons (Fsp3) is 1.00. The average Bonchev–Trinajstić information content (AvgIpc) is 1.84. The summed E-state index contributed by atoms with van der Waals surface area (Å²) in [5, 5.41) is 0. The van der Waals surface area contributed by atoms with Crippen molar-refractivity contribution in [3.8, 4) is 0 Å². The van der Waals surface area contributed by atoms with Crippen molar-refractivity contribution < 1.29 is 0 Å². The van der Waals surface area contributed by atoms with E-state index in [0.29, 0.717) is 4.64 Å². The minimum absolute atomic E-state index is 0.233. The van der Waals surface area contributed by atoms with E-state index in [0.717, 1.165) is 0 Å². The molecule has 0 aromatic rings. The summed E-state index contributed by atoms with van der Waals surface area (Å²) >= 11 is 0. The summed E-state index contributed by atoms with van der Waals surface area (Å²) in [6.45, 7) is 17.1. The van der Waals surface area contributed by atoms with Crippen LogP contribution in [-0.2, 0) is 0 Å². The van der Waals surface area contributed by atoms with Gasteiger partial charge in [-0.25, -0.2) is 0 Å². The summed E-state index contributed by atoms with van der Waals surface area (Å²) in [5.74, 6) is 0. The molecule has 0 aliphatic heterocycles. The van der Waals surface area contributed by atoms with Crippen LogP contribution in [0.5, 0.6) is 0 Å². The standard InChI is InChI=1S/C8H21P3/c1-8(9(2)3,10(4)5)11(6)7/h1-7H3. The average molecular weight is 210 g/mol. The molecule has 0 aliphatic carbocycles. The maximum atomic E-state index is 2.50. The normalized spacial score (nSPS) is 13.6. The van der Waals surface area contributed by atoms with E-state index in [4.69, 9.17) is 0 Å². The first-order valence-electron chi connectivity index (χ1n) is 3.85. The Morgan fingerprint density at radius 2 is 0.818 bits per heavy atom. The Labute approximate surface area is 75.8 Å². The zero-order valence-electron chi connectivity index (χ0n) is 8.84. The molecule has 0 aromatic carbocycles. The maximum absolute atomic E-state index is 2.50. The molecule has 0 nitrogen and oxygen atoms in total. The Bertz CT molecular complexity index is 96.7. The highest BCUT2D eigenvalue weighted by atomic mass is 31.2. The molecule has 0 amide bonds. The van der Waals surface area contributed by atoms with Crippen LogP contribution in [0.4, 0.5) is 0 Å². The molecule has 0 atom stereocenters. The number of hydrogen-bond acceptors (Lipinski definition) is 0. The first-order valence-corrected chi connectivity index (χ1v) is 10.6. The van der Waals surface area contributed by atoms with Crippen LogP contribution in [-0.4, -0.2) is 44.6 Å². The van der Waals surface area contributed by atoms with Crippen molar-refractivity contribution in [1.29, 1.82) is 0 Å². The van der Waals surface area contributed by atoms with E-state index in [9.17, 15) is 0 Å². The van der Waals surface area contributed by atoms with Crippen molar-refractivity contribution in [2.75, 3.05) is 40.0 Å². The quantitative estimate of drug-likeness (QED) is 0.620. The molecule has 0 saturated carbocycles. The highest BCUT2D eigenvalue weighted by Gasteiger charge is 2.34. The van der Waals surface area contributed by atoms with Crippen molar-refractivity contribution >= 4 is 23.8 Å². The van der Waals surface area contributed by atoms with Gasteiger partial charge in [0.15, 0.2) is 0 Å². The Morgan fingerprint density at radius 1 is 0.636 bits per heavy atom. The van der Waals surface area contributed by atoms with Crippen LogP contribution < -0.4 is 0 Å². The molecule has 3 heteroatoms. The molecule has 11 heavy (non-hydrogen) atoms. The van der Waals surface area contributed by atoms with Gasteiger partial charge in [0, 0.05) is 4.64 Å². The minimum atomic E-state index is 0.233. The van der Waals surface area contributed by atoms with Crippen molar-refractivity contribution in [1.82, 2.24) is 0 Å². The van der Waals surface area contributed by atoms with Crippen LogP contribution in [0, 0.1) is 0 Å². The predicted octanol–water partition coefficient (Wildman–Crippen LogP) is 3.88. The molecule has 0 aromatic heterocycles. The summed E-state index contributed by atoms with van der Waals surface area (Å²) in [7, 11) is 0.698. The first kappa shape index (κ1) is 12.3. The molecule has 0 N–H and O–H groups in total. The van der Waals surface area contributed by atoms with Gasteiger partial charge in [-0.3, -0.25) is 0 Å². The SMILES string of the molecule is CP(C)C(C)(P(C)C)P(C)C. The minimum Gasteiger partial charge on any atom is -0.0980 e. The summed E-state index contributed by atoms with van der Waals surface area (Å²) in [4.78, 5) is 0.